The van der Waals surface area contributed by atoms with Crippen molar-refractivity contribution in [2.45, 2.75) is 0 Å². The fourth-order valence-electron chi connectivity index (χ4n) is 0.961. The van der Waals surface area contributed by atoms with Crippen LogP contribution < -0.4 is 10.4 Å². The van der Waals surface area contributed by atoms with E-state index in [2.05, 4.69) is 5.27 Å². The van der Waals surface area contributed by atoms with E-state index in [0.29, 0.717) is 5.88 Å². The van der Waals surface area contributed by atoms with Gasteiger partial charge in [0, 0.05) is 12.1 Å². The molecule has 0 saturated carbocycles. The maximum atomic E-state index is 5.37. The molecule has 0 fully saturated rings. The molecule has 0 saturated heterocycles. The molecule has 1 aromatic heterocycles. The number of para-hydroxylation sites is 1. The van der Waals surface area contributed by atoms with Crippen molar-refractivity contribution in [1.29, 1.82) is 0 Å². The summed E-state index contributed by atoms with van der Waals surface area (Å²) in [5.41, 5.74) is 6.29. The molecule has 0 amide bonds. The second-order valence-corrected chi connectivity index (χ2v) is 2.38. The smallest absolute Gasteiger partial charge is 0.293 e. The van der Waals surface area contributed by atoms with Gasteiger partial charge in [-0.2, -0.15) is 0 Å². The molecule has 0 aliphatic heterocycles. The van der Waals surface area contributed by atoms with Crippen molar-refractivity contribution in [1.82, 2.24) is 5.27 Å². The van der Waals surface area contributed by atoms with Crippen molar-refractivity contribution in [3.05, 3.63) is 36.5 Å². The first-order chi connectivity index (χ1) is 5.86. The minimum Gasteiger partial charge on any atom is -0.362 e. The number of nitrogen functional groups attached to an aromatic ring is 1. The van der Waals surface area contributed by atoms with Crippen LogP contribution >= 0.6 is 0 Å². The van der Waals surface area contributed by atoms with Gasteiger partial charge in [0.15, 0.2) is 0 Å². The summed E-state index contributed by atoms with van der Waals surface area (Å²) in [6.07, 6.45) is 1.62. The highest BCUT2D eigenvalue weighted by molar-refractivity contribution is 5.22. The van der Waals surface area contributed by atoms with E-state index >= 15 is 0 Å². The Kier molecular flexibility index (Phi) is 1.51. The van der Waals surface area contributed by atoms with Crippen LogP contribution in [0.5, 0.6) is 0 Å². The number of aromatic nitrogens is 2. The molecule has 0 unspecified atom stereocenters. The zero-order chi connectivity index (χ0) is 8.39. The Hall–Kier alpha value is -1.84. The first-order valence-corrected chi connectivity index (χ1v) is 3.56. The molecule has 0 aliphatic rings. The summed E-state index contributed by atoms with van der Waals surface area (Å²) >= 11 is 0. The third-order valence-corrected chi connectivity index (χ3v) is 1.50. The Morgan fingerprint density at radius 1 is 1.25 bits per heavy atom. The van der Waals surface area contributed by atoms with Crippen molar-refractivity contribution in [3.63, 3.8) is 0 Å². The Morgan fingerprint density at radius 2 is 2.00 bits per heavy atom. The quantitative estimate of drug-likeness (QED) is 0.622. The first kappa shape index (κ1) is 6.84. The molecule has 0 radical (unpaired) electrons. The van der Waals surface area contributed by atoms with Crippen LogP contribution in [-0.2, 0) is 0 Å². The predicted octanol–water partition coefficient (Wildman–Crippen LogP) is 0.534. The lowest BCUT2D eigenvalue weighted by atomic mass is 10.3. The van der Waals surface area contributed by atoms with Gasteiger partial charge in [-0.1, -0.05) is 18.2 Å². The third-order valence-electron chi connectivity index (χ3n) is 1.50. The summed E-state index contributed by atoms with van der Waals surface area (Å²) in [6, 6.07) is 9.62. The van der Waals surface area contributed by atoms with Crippen LogP contribution in [0.2, 0.25) is 0 Å². The van der Waals surface area contributed by atoms with E-state index in [9.17, 15) is 0 Å². The second kappa shape index (κ2) is 2.65. The van der Waals surface area contributed by atoms with E-state index in [1.54, 1.807) is 10.9 Å². The van der Waals surface area contributed by atoms with E-state index in [1.807, 2.05) is 30.3 Å². The summed E-state index contributed by atoms with van der Waals surface area (Å²) in [5.74, 6) is 0.304. The number of anilines is 1. The minimum absolute atomic E-state index is 0.304. The van der Waals surface area contributed by atoms with E-state index < -0.39 is 0 Å². The van der Waals surface area contributed by atoms with Crippen molar-refractivity contribution < 1.29 is 9.20 Å². The zero-order valence-corrected chi connectivity index (χ0v) is 6.34. The van der Waals surface area contributed by atoms with Crippen LogP contribution in [0.25, 0.3) is 5.69 Å². The molecule has 60 valence electrons. The summed E-state index contributed by atoms with van der Waals surface area (Å²) in [7, 11) is 0. The number of nitrogens with two attached hydrogens (primary N) is 1. The van der Waals surface area contributed by atoms with Gasteiger partial charge in [-0.3, -0.25) is 4.52 Å². The molecule has 2 aromatic rings. The third kappa shape index (κ3) is 1.14. The SMILES string of the molecule is Nc1c[n+](-c2ccccc2)no1. The molecule has 0 spiro atoms. The first-order valence-electron chi connectivity index (χ1n) is 3.56. The monoisotopic (exact) mass is 162 g/mol. The maximum Gasteiger partial charge on any atom is 0.293 e. The van der Waals surface area contributed by atoms with E-state index in [4.69, 9.17) is 10.3 Å². The molecule has 0 aliphatic carbocycles. The van der Waals surface area contributed by atoms with Gasteiger partial charge in [-0.25, -0.2) is 0 Å². The van der Waals surface area contributed by atoms with Crippen molar-refractivity contribution in [2.24, 2.45) is 0 Å². The van der Waals surface area contributed by atoms with Gasteiger partial charge >= 0.3 is 0 Å². The van der Waals surface area contributed by atoms with E-state index in [-0.39, 0.29) is 0 Å². The normalized spacial score (nSPS) is 10.0. The average Bonchev–Trinajstić information content (AvgIpc) is 2.54. The van der Waals surface area contributed by atoms with Gasteiger partial charge in [-0.15, -0.1) is 0 Å². The lowest BCUT2D eigenvalue weighted by molar-refractivity contribution is -0.670. The topological polar surface area (TPSA) is 55.9 Å². The minimum atomic E-state index is 0.304. The lowest BCUT2D eigenvalue weighted by Gasteiger charge is -1.83. The molecule has 4 nitrogen and oxygen atoms in total. The van der Waals surface area contributed by atoms with Gasteiger partial charge in [0.05, 0.1) is 0 Å². The molecular weight excluding hydrogens is 154 g/mol. The fourth-order valence-corrected chi connectivity index (χ4v) is 0.961. The number of rotatable bonds is 1. The van der Waals surface area contributed by atoms with Gasteiger partial charge in [0.1, 0.15) is 0 Å². The molecule has 1 heterocycles. The molecule has 2 N–H and O–H groups in total. The number of hydrogen-bond donors (Lipinski definition) is 1. The molecule has 1 aromatic carbocycles. The summed E-state index contributed by atoms with van der Waals surface area (Å²) in [4.78, 5) is 0. The van der Waals surface area contributed by atoms with Crippen LogP contribution in [0.3, 0.4) is 0 Å². The lowest BCUT2D eigenvalue weighted by Crippen LogP contribution is -2.31. The van der Waals surface area contributed by atoms with Crippen molar-refractivity contribution >= 4 is 5.88 Å². The Balaban J connectivity index is 2.45. The van der Waals surface area contributed by atoms with E-state index in [0.717, 1.165) is 5.69 Å². The van der Waals surface area contributed by atoms with Crippen LogP contribution in [0, 0.1) is 0 Å². The van der Waals surface area contributed by atoms with Crippen LogP contribution in [-0.4, -0.2) is 5.27 Å². The van der Waals surface area contributed by atoms with Gasteiger partial charge in [-0.05, 0) is 4.68 Å². The van der Waals surface area contributed by atoms with Gasteiger partial charge < -0.3 is 5.73 Å². The highest BCUT2D eigenvalue weighted by Crippen LogP contribution is 1.98. The molecular formula is C8H8N3O+. The Morgan fingerprint density at radius 3 is 2.58 bits per heavy atom. The summed E-state index contributed by atoms with van der Waals surface area (Å²) < 4.78 is 6.29. The molecule has 12 heavy (non-hydrogen) atoms. The maximum absolute atomic E-state index is 5.37. The van der Waals surface area contributed by atoms with E-state index in [1.165, 1.54) is 0 Å². The largest absolute Gasteiger partial charge is 0.362 e. The highest BCUT2D eigenvalue weighted by atomic mass is 16.5. The highest BCUT2D eigenvalue weighted by Gasteiger charge is 2.10. The number of nitrogens with zero attached hydrogens (tertiary/aromatic N) is 2. The molecule has 0 bridgehead atoms. The molecule has 0 atom stereocenters. The van der Waals surface area contributed by atoms with Gasteiger partial charge in [0.2, 0.25) is 11.0 Å². The van der Waals surface area contributed by atoms with Crippen LogP contribution in [0.15, 0.2) is 41.1 Å². The second-order valence-electron chi connectivity index (χ2n) is 2.38. The predicted molar refractivity (Wildman–Crippen MR) is 42.4 cm³/mol. The van der Waals surface area contributed by atoms with Gasteiger partial charge in [0.25, 0.3) is 12.1 Å². The summed E-state index contributed by atoms with van der Waals surface area (Å²) in [6.45, 7) is 0. The average molecular weight is 162 g/mol. The standard InChI is InChI=1S/C8H8N3O/c9-8-6-11(10-12-8)7-4-2-1-3-5-7/h1-6H,9H2/q+1. The zero-order valence-electron chi connectivity index (χ0n) is 6.34. The Bertz CT molecular complexity index is 369. The van der Waals surface area contributed by atoms with Crippen LogP contribution in [0.4, 0.5) is 5.88 Å². The molecule has 4 heteroatoms. The van der Waals surface area contributed by atoms with Crippen LogP contribution in [0.1, 0.15) is 0 Å². The summed E-state index contributed by atoms with van der Waals surface area (Å²) in [5, 5.41) is 3.70. The fraction of sp³-hybridized carbons (Fsp3) is 0. The molecule has 2 rings (SSSR count). The Labute approximate surface area is 69.2 Å². The number of hydrogen-bond acceptors (Lipinski definition) is 3. The van der Waals surface area contributed by atoms with Crippen molar-refractivity contribution in [3.8, 4) is 5.69 Å². The van der Waals surface area contributed by atoms with Crippen molar-refractivity contribution in [2.75, 3.05) is 5.73 Å². The number of benzene rings is 1.